The Morgan fingerprint density at radius 2 is 1.96 bits per heavy atom. The van der Waals surface area contributed by atoms with Crippen LogP contribution in [-0.2, 0) is 0 Å². The number of ether oxygens (including phenoxy) is 2. The fourth-order valence-corrected chi connectivity index (χ4v) is 3.50. The number of halogens is 1. The molecule has 0 radical (unpaired) electrons. The molecule has 1 fully saturated rings. The highest BCUT2D eigenvalue weighted by molar-refractivity contribution is 6.30. The first-order chi connectivity index (χ1) is 13.6. The van der Waals surface area contributed by atoms with Crippen molar-refractivity contribution in [3.05, 3.63) is 47.4 Å². The van der Waals surface area contributed by atoms with Gasteiger partial charge in [0, 0.05) is 11.4 Å². The number of rotatable bonds is 5. The first-order valence-electron chi connectivity index (χ1n) is 9.14. The van der Waals surface area contributed by atoms with Gasteiger partial charge in [0.05, 0.1) is 24.5 Å². The number of benzene rings is 1. The lowest BCUT2D eigenvalue weighted by atomic mass is 9.93. The standard InChI is InChI=1S/C20H20ClN3O4/c1-26-16-4-2-3-12-9-17(28-18(12)16)19(25)24-14-5-7-15(8-6-14)27-20-22-10-13(21)11-23-20/h2-4,9-11,14-15H,5-8H2,1H3,(H,24,25). The number of nitrogens with zero attached hydrogens (tertiary/aromatic N) is 2. The van der Waals surface area contributed by atoms with Gasteiger partial charge in [-0.15, -0.1) is 0 Å². The predicted octanol–water partition coefficient (Wildman–Crippen LogP) is 4.00. The SMILES string of the molecule is COc1cccc2cc(C(=O)NC3CCC(Oc4ncc(Cl)cn4)CC3)oc12. The van der Waals surface area contributed by atoms with Crippen molar-refractivity contribution >= 4 is 28.5 Å². The Balaban J connectivity index is 1.33. The minimum Gasteiger partial charge on any atom is -0.493 e. The van der Waals surface area contributed by atoms with E-state index >= 15 is 0 Å². The summed E-state index contributed by atoms with van der Waals surface area (Å²) < 4.78 is 16.8. The Bertz CT molecular complexity index is 965. The van der Waals surface area contributed by atoms with Gasteiger partial charge in [0.25, 0.3) is 5.91 Å². The molecular formula is C20H20ClN3O4. The van der Waals surface area contributed by atoms with Gasteiger partial charge in [0.1, 0.15) is 6.10 Å². The van der Waals surface area contributed by atoms with Crippen molar-refractivity contribution in [3.8, 4) is 11.8 Å². The fraction of sp³-hybridized carbons (Fsp3) is 0.350. The molecule has 0 aliphatic heterocycles. The minimum atomic E-state index is -0.219. The van der Waals surface area contributed by atoms with Gasteiger partial charge in [-0.3, -0.25) is 4.79 Å². The first kappa shape index (κ1) is 18.6. The van der Waals surface area contributed by atoms with Gasteiger partial charge >= 0.3 is 6.01 Å². The molecule has 1 aliphatic carbocycles. The summed E-state index contributed by atoms with van der Waals surface area (Å²) in [5.41, 5.74) is 0.579. The molecule has 3 aromatic rings. The number of fused-ring (bicyclic) bond motifs is 1. The number of carbonyl (C=O) groups is 1. The van der Waals surface area contributed by atoms with Gasteiger partial charge in [-0.05, 0) is 37.8 Å². The molecule has 1 saturated carbocycles. The molecule has 2 aromatic heterocycles. The van der Waals surface area contributed by atoms with Crippen LogP contribution in [0.25, 0.3) is 11.0 Å². The number of amides is 1. The first-order valence-corrected chi connectivity index (χ1v) is 9.52. The van der Waals surface area contributed by atoms with Crippen molar-refractivity contribution in [1.82, 2.24) is 15.3 Å². The Labute approximate surface area is 167 Å². The maximum atomic E-state index is 12.6. The number of hydrogen-bond acceptors (Lipinski definition) is 6. The number of para-hydroxylation sites is 1. The predicted molar refractivity (Wildman–Crippen MR) is 104 cm³/mol. The number of nitrogens with one attached hydrogen (secondary N) is 1. The van der Waals surface area contributed by atoms with E-state index in [4.69, 9.17) is 25.5 Å². The van der Waals surface area contributed by atoms with Gasteiger partial charge in [-0.2, -0.15) is 0 Å². The zero-order chi connectivity index (χ0) is 19.5. The molecule has 146 valence electrons. The van der Waals surface area contributed by atoms with Gasteiger partial charge < -0.3 is 19.2 Å². The van der Waals surface area contributed by atoms with Crippen LogP contribution in [0.3, 0.4) is 0 Å². The highest BCUT2D eigenvalue weighted by Gasteiger charge is 2.25. The summed E-state index contributed by atoms with van der Waals surface area (Å²) in [7, 11) is 1.58. The molecular weight excluding hydrogens is 382 g/mol. The average molecular weight is 402 g/mol. The number of carbonyl (C=O) groups excluding carboxylic acids is 1. The summed E-state index contributed by atoms with van der Waals surface area (Å²) in [5, 5.41) is 4.36. The van der Waals surface area contributed by atoms with Crippen LogP contribution >= 0.6 is 11.6 Å². The maximum Gasteiger partial charge on any atom is 0.316 e. The molecule has 0 saturated heterocycles. The molecule has 7 nitrogen and oxygen atoms in total. The Kier molecular flexibility index (Phi) is 5.34. The molecule has 8 heteroatoms. The molecule has 2 heterocycles. The Morgan fingerprint density at radius 1 is 1.21 bits per heavy atom. The van der Waals surface area contributed by atoms with E-state index in [1.165, 1.54) is 12.4 Å². The van der Waals surface area contributed by atoms with Crippen LogP contribution in [0.5, 0.6) is 11.8 Å². The van der Waals surface area contributed by atoms with Crippen molar-refractivity contribution < 1.29 is 18.7 Å². The fourth-order valence-electron chi connectivity index (χ4n) is 3.40. The molecule has 0 spiro atoms. The quantitative estimate of drug-likeness (QED) is 0.695. The van der Waals surface area contributed by atoms with E-state index in [2.05, 4.69) is 15.3 Å². The second-order valence-electron chi connectivity index (χ2n) is 6.74. The molecule has 1 amide bonds. The normalized spacial score (nSPS) is 19.4. The molecule has 1 aromatic carbocycles. The van der Waals surface area contributed by atoms with E-state index < -0.39 is 0 Å². The molecule has 28 heavy (non-hydrogen) atoms. The summed E-state index contributed by atoms with van der Waals surface area (Å²) in [6.07, 6.45) is 6.30. The second-order valence-corrected chi connectivity index (χ2v) is 7.17. The maximum absolute atomic E-state index is 12.6. The zero-order valence-electron chi connectivity index (χ0n) is 15.4. The van der Waals surface area contributed by atoms with Crippen molar-refractivity contribution in [2.45, 2.75) is 37.8 Å². The third kappa shape index (κ3) is 4.04. The van der Waals surface area contributed by atoms with Gasteiger partial charge in [-0.1, -0.05) is 23.7 Å². The summed E-state index contributed by atoms with van der Waals surface area (Å²) in [5.74, 6) is 0.676. The third-order valence-corrected chi connectivity index (χ3v) is 5.03. The van der Waals surface area contributed by atoms with Crippen molar-refractivity contribution in [2.75, 3.05) is 7.11 Å². The zero-order valence-corrected chi connectivity index (χ0v) is 16.1. The van der Waals surface area contributed by atoms with Gasteiger partial charge in [0.2, 0.25) is 0 Å². The second kappa shape index (κ2) is 8.06. The topological polar surface area (TPSA) is 86.5 Å². The highest BCUT2D eigenvalue weighted by Crippen LogP contribution is 2.29. The number of methoxy groups -OCH3 is 1. The molecule has 1 N–H and O–H groups in total. The van der Waals surface area contributed by atoms with E-state index in [1.807, 2.05) is 12.1 Å². The van der Waals surface area contributed by atoms with Crippen molar-refractivity contribution in [1.29, 1.82) is 0 Å². The van der Waals surface area contributed by atoms with Crippen LogP contribution in [0.1, 0.15) is 36.2 Å². The van der Waals surface area contributed by atoms with E-state index in [0.717, 1.165) is 31.1 Å². The average Bonchev–Trinajstić information content (AvgIpc) is 3.16. The van der Waals surface area contributed by atoms with Crippen molar-refractivity contribution in [2.24, 2.45) is 0 Å². The van der Waals surface area contributed by atoms with Gasteiger partial charge in [0.15, 0.2) is 17.1 Å². The number of hydrogen-bond donors (Lipinski definition) is 1. The van der Waals surface area contributed by atoms with Crippen LogP contribution in [-0.4, -0.2) is 35.1 Å². The van der Waals surface area contributed by atoms with E-state index in [0.29, 0.717) is 22.4 Å². The van der Waals surface area contributed by atoms with E-state index in [1.54, 1.807) is 19.2 Å². The summed E-state index contributed by atoms with van der Waals surface area (Å²) in [6.45, 7) is 0. The molecule has 0 unspecified atom stereocenters. The van der Waals surface area contributed by atoms with Crippen molar-refractivity contribution in [3.63, 3.8) is 0 Å². The third-order valence-electron chi connectivity index (χ3n) is 4.83. The van der Waals surface area contributed by atoms with Crippen LogP contribution in [0.15, 0.2) is 41.1 Å². The number of furan rings is 1. The monoisotopic (exact) mass is 401 g/mol. The van der Waals surface area contributed by atoms with E-state index in [-0.39, 0.29) is 23.8 Å². The highest BCUT2D eigenvalue weighted by atomic mass is 35.5. The summed E-state index contributed by atoms with van der Waals surface area (Å²) >= 11 is 5.78. The molecule has 4 rings (SSSR count). The summed E-state index contributed by atoms with van der Waals surface area (Å²) in [4.78, 5) is 20.7. The minimum absolute atomic E-state index is 0.0322. The lowest BCUT2D eigenvalue weighted by Crippen LogP contribution is -2.39. The van der Waals surface area contributed by atoms with Crippen LogP contribution in [0, 0.1) is 0 Å². The molecule has 0 atom stereocenters. The van der Waals surface area contributed by atoms with Crippen LogP contribution in [0.2, 0.25) is 5.02 Å². The van der Waals surface area contributed by atoms with Crippen LogP contribution in [0.4, 0.5) is 0 Å². The smallest absolute Gasteiger partial charge is 0.316 e. The molecule has 1 aliphatic rings. The molecule has 0 bridgehead atoms. The Hall–Kier alpha value is -2.80. The van der Waals surface area contributed by atoms with E-state index in [9.17, 15) is 4.79 Å². The number of aromatic nitrogens is 2. The van der Waals surface area contributed by atoms with Crippen LogP contribution < -0.4 is 14.8 Å². The summed E-state index contributed by atoms with van der Waals surface area (Å²) in [6, 6.07) is 7.70. The Morgan fingerprint density at radius 3 is 2.68 bits per heavy atom. The largest absolute Gasteiger partial charge is 0.493 e. The van der Waals surface area contributed by atoms with Gasteiger partial charge in [-0.25, -0.2) is 9.97 Å². The lowest BCUT2D eigenvalue weighted by Gasteiger charge is -2.28. The lowest BCUT2D eigenvalue weighted by molar-refractivity contribution is 0.0861.